The molecule has 0 saturated carbocycles. The third kappa shape index (κ3) is 1.46. The Kier molecular flexibility index (Phi) is 2.17. The van der Waals surface area contributed by atoms with Crippen LogP contribution >= 0.6 is 0 Å². The molecule has 5 heteroatoms. The van der Waals surface area contributed by atoms with E-state index in [0.717, 1.165) is 5.52 Å². The Labute approximate surface area is 85.5 Å². The van der Waals surface area contributed by atoms with Crippen LogP contribution in [-0.2, 0) is 7.05 Å². The van der Waals surface area contributed by atoms with Crippen LogP contribution in [0.1, 0.15) is 10.4 Å². The van der Waals surface area contributed by atoms with E-state index in [1.165, 1.54) is 4.57 Å². The van der Waals surface area contributed by atoms with E-state index in [1.54, 1.807) is 25.2 Å². The van der Waals surface area contributed by atoms with Crippen LogP contribution < -0.4 is 11.4 Å². The number of aryl methyl sites for hydroxylation is 1. The van der Waals surface area contributed by atoms with Gasteiger partial charge in [0.1, 0.15) is 0 Å². The highest BCUT2D eigenvalue weighted by Crippen LogP contribution is 2.11. The van der Waals surface area contributed by atoms with Crippen LogP contribution in [0, 0.1) is 0 Å². The minimum atomic E-state index is -0.192. The van der Waals surface area contributed by atoms with Gasteiger partial charge < -0.3 is 10.7 Å². The van der Waals surface area contributed by atoms with E-state index < -0.39 is 0 Å². The van der Waals surface area contributed by atoms with Gasteiger partial charge >= 0.3 is 5.69 Å². The molecule has 0 atom stereocenters. The van der Waals surface area contributed by atoms with Gasteiger partial charge in [-0.3, -0.25) is 9.36 Å². The summed E-state index contributed by atoms with van der Waals surface area (Å²) < 4.78 is 1.49. The number of aromatic amines is 1. The van der Waals surface area contributed by atoms with Crippen molar-refractivity contribution in [3.63, 3.8) is 0 Å². The Morgan fingerprint density at radius 1 is 1.53 bits per heavy atom. The number of hydrogen-bond donors (Lipinski definition) is 2. The largest absolute Gasteiger partial charge is 0.326 e. The first-order valence-electron chi connectivity index (χ1n) is 4.55. The van der Waals surface area contributed by atoms with Crippen LogP contribution in [0.4, 0.5) is 0 Å². The lowest BCUT2D eigenvalue weighted by atomic mass is 10.1. The third-order valence-corrected chi connectivity index (χ3v) is 2.41. The number of ketones is 1. The zero-order valence-electron chi connectivity index (χ0n) is 8.28. The Balaban J connectivity index is 2.67. The number of Topliss-reactive ketones (excluding diaryl/α,β-unsaturated/α-hetero) is 1. The van der Waals surface area contributed by atoms with Crippen LogP contribution in [-0.4, -0.2) is 21.9 Å². The number of benzene rings is 1. The van der Waals surface area contributed by atoms with Gasteiger partial charge in [-0.1, -0.05) is 0 Å². The summed E-state index contributed by atoms with van der Waals surface area (Å²) in [5, 5.41) is 0. The third-order valence-electron chi connectivity index (χ3n) is 2.41. The molecule has 0 spiro atoms. The second-order valence-electron chi connectivity index (χ2n) is 3.35. The number of H-pyrrole nitrogens is 1. The number of rotatable bonds is 2. The van der Waals surface area contributed by atoms with E-state index in [-0.39, 0.29) is 18.0 Å². The maximum atomic E-state index is 11.3. The Morgan fingerprint density at radius 3 is 2.93 bits per heavy atom. The minimum Gasteiger partial charge on any atom is -0.324 e. The molecule has 0 aliphatic heterocycles. The molecule has 0 aliphatic carbocycles. The summed E-state index contributed by atoms with van der Waals surface area (Å²) in [5.74, 6) is -0.137. The average Bonchev–Trinajstić information content (AvgIpc) is 2.53. The van der Waals surface area contributed by atoms with Gasteiger partial charge in [-0.2, -0.15) is 0 Å². The molecule has 2 rings (SSSR count). The van der Waals surface area contributed by atoms with Crippen LogP contribution in [0.15, 0.2) is 23.0 Å². The fraction of sp³-hybridized carbons (Fsp3) is 0.200. The van der Waals surface area contributed by atoms with Gasteiger partial charge in [0, 0.05) is 12.6 Å². The van der Waals surface area contributed by atoms with Gasteiger partial charge in [-0.15, -0.1) is 0 Å². The van der Waals surface area contributed by atoms with Crippen LogP contribution in [0.3, 0.4) is 0 Å². The van der Waals surface area contributed by atoms with Crippen molar-refractivity contribution in [1.82, 2.24) is 9.55 Å². The smallest absolute Gasteiger partial charge is 0.324 e. The van der Waals surface area contributed by atoms with Crippen molar-refractivity contribution < 1.29 is 4.79 Å². The lowest BCUT2D eigenvalue weighted by Gasteiger charge is -1.98. The predicted molar refractivity (Wildman–Crippen MR) is 56.9 cm³/mol. The Hall–Kier alpha value is -1.88. The quantitative estimate of drug-likeness (QED) is 0.677. The summed E-state index contributed by atoms with van der Waals surface area (Å²) >= 11 is 0. The summed E-state index contributed by atoms with van der Waals surface area (Å²) in [7, 11) is 1.67. The van der Waals surface area contributed by atoms with Crippen molar-refractivity contribution in [3.8, 4) is 0 Å². The Bertz CT molecular complexity index is 580. The molecule has 1 aromatic carbocycles. The lowest BCUT2D eigenvalue weighted by molar-refractivity contribution is 0.100. The van der Waals surface area contributed by atoms with E-state index in [2.05, 4.69) is 4.98 Å². The second kappa shape index (κ2) is 3.36. The topological polar surface area (TPSA) is 80.9 Å². The number of carbonyl (C=O) groups is 1. The van der Waals surface area contributed by atoms with E-state index in [0.29, 0.717) is 11.1 Å². The number of nitrogens with two attached hydrogens (primary N) is 1. The van der Waals surface area contributed by atoms with Gasteiger partial charge in [0.25, 0.3) is 0 Å². The second-order valence-corrected chi connectivity index (χ2v) is 3.35. The van der Waals surface area contributed by atoms with Gasteiger partial charge in [0.15, 0.2) is 5.78 Å². The summed E-state index contributed by atoms with van der Waals surface area (Å²) in [6.45, 7) is -0.0252. The van der Waals surface area contributed by atoms with Crippen molar-refractivity contribution in [1.29, 1.82) is 0 Å². The normalized spacial score (nSPS) is 10.8. The van der Waals surface area contributed by atoms with Crippen LogP contribution in [0.5, 0.6) is 0 Å². The van der Waals surface area contributed by atoms with Crippen molar-refractivity contribution in [2.75, 3.05) is 6.54 Å². The molecular weight excluding hydrogens is 194 g/mol. The van der Waals surface area contributed by atoms with Crippen molar-refractivity contribution in [2.45, 2.75) is 0 Å². The maximum absolute atomic E-state index is 11.3. The van der Waals surface area contributed by atoms with Gasteiger partial charge in [0.05, 0.1) is 17.6 Å². The molecule has 0 aliphatic rings. The van der Waals surface area contributed by atoms with Crippen LogP contribution in [0.25, 0.3) is 11.0 Å². The monoisotopic (exact) mass is 205 g/mol. The zero-order chi connectivity index (χ0) is 11.0. The first-order valence-corrected chi connectivity index (χ1v) is 4.55. The summed E-state index contributed by atoms with van der Waals surface area (Å²) in [5.41, 5.74) is 7.01. The number of hydrogen-bond acceptors (Lipinski definition) is 3. The fourth-order valence-electron chi connectivity index (χ4n) is 1.53. The molecule has 0 radical (unpaired) electrons. The number of imidazole rings is 1. The lowest BCUT2D eigenvalue weighted by Crippen LogP contribution is -2.13. The van der Waals surface area contributed by atoms with Crippen molar-refractivity contribution in [3.05, 3.63) is 34.2 Å². The number of nitrogens with one attached hydrogen (secondary N) is 1. The molecule has 3 N–H and O–H groups in total. The first kappa shape index (κ1) is 9.67. The molecule has 0 unspecified atom stereocenters. The van der Waals surface area contributed by atoms with Crippen molar-refractivity contribution >= 4 is 16.8 Å². The maximum Gasteiger partial charge on any atom is 0.326 e. The molecule has 5 nitrogen and oxygen atoms in total. The van der Waals surface area contributed by atoms with E-state index in [4.69, 9.17) is 5.73 Å². The van der Waals surface area contributed by atoms with Gasteiger partial charge in [-0.05, 0) is 18.2 Å². The highest BCUT2D eigenvalue weighted by atomic mass is 16.1. The Morgan fingerprint density at radius 2 is 2.27 bits per heavy atom. The SMILES string of the molecule is Cn1c(=O)[nH]c2cc(C(=O)CN)ccc21. The molecule has 1 aromatic heterocycles. The molecule has 78 valence electrons. The first-order chi connectivity index (χ1) is 7.13. The molecule has 0 amide bonds. The predicted octanol–water partition coefficient (Wildman–Crippen LogP) is 0.00800. The van der Waals surface area contributed by atoms with E-state index >= 15 is 0 Å². The summed E-state index contributed by atoms with van der Waals surface area (Å²) in [6.07, 6.45) is 0. The molecule has 0 saturated heterocycles. The van der Waals surface area contributed by atoms with Gasteiger partial charge in [-0.25, -0.2) is 4.79 Å². The molecular formula is C10H11N3O2. The zero-order valence-corrected chi connectivity index (χ0v) is 8.28. The molecule has 15 heavy (non-hydrogen) atoms. The molecule has 1 heterocycles. The fourth-order valence-corrected chi connectivity index (χ4v) is 1.53. The van der Waals surface area contributed by atoms with E-state index in [9.17, 15) is 9.59 Å². The number of aromatic nitrogens is 2. The average molecular weight is 205 g/mol. The minimum absolute atomic E-state index is 0.0252. The molecule has 2 aromatic rings. The van der Waals surface area contributed by atoms with Crippen molar-refractivity contribution in [2.24, 2.45) is 12.8 Å². The standard InChI is InChI=1S/C10H11N3O2/c1-13-8-3-2-6(9(14)5-11)4-7(8)12-10(13)15/h2-4H,5,11H2,1H3,(H,12,15). The highest BCUT2D eigenvalue weighted by molar-refractivity contribution is 6.00. The summed E-state index contributed by atoms with van der Waals surface area (Å²) in [4.78, 5) is 25.3. The van der Waals surface area contributed by atoms with Crippen LogP contribution in [0.2, 0.25) is 0 Å². The summed E-state index contributed by atoms with van der Waals surface area (Å²) in [6, 6.07) is 5.05. The number of nitrogens with zero attached hydrogens (tertiary/aromatic N) is 1. The molecule has 0 bridgehead atoms. The van der Waals surface area contributed by atoms with E-state index in [1.807, 2.05) is 0 Å². The van der Waals surface area contributed by atoms with Gasteiger partial charge in [0.2, 0.25) is 0 Å². The highest BCUT2D eigenvalue weighted by Gasteiger charge is 2.07. The number of fused-ring (bicyclic) bond motifs is 1. The number of carbonyl (C=O) groups excluding carboxylic acids is 1. The molecule has 0 fully saturated rings.